The monoisotopic (exact) mass is 277 g/mol. The molecular formula is C9H15N3O5S. The molecular weight excluding hydrogens is 262 g/mol. The van der Waals surface area contributed by atoms with Gasteiger partial charge in [0, 0.05) is 13.4 Å². The average molecular weight is 277 g/mol. The molecule has 1 atom stereocenters. The molecule has 102 valence electrons. The van der Waals surface area contributed by atoms with Gasteiger partial charge in [-0.2, -0.15) is 5.26 Å². The van der Waals surface area contributed by atoms with Crippen molar-refractivity contribution in [3.8, 4) is 6.07 Å². The van der Waals surface area contributed by atoms with E-state index < -0.39 is 33.4 Å². The first-order valence-corrected chi connectivity index (χ1v) is 6.97. The van der Waals surface area contributed by atoms with E-state index in [9.17, 15) is 18.0 Å². The van der Waals surface area contributed by atoms with E-state index in [0.717, 1.165) is 6.26 Å². The van der Waals surface area contributed by atoms with Crippen LogP contribution in [0.15, 0.2) is 0 Å². The van der Waals surface area contributed by atoms with E-state index in [-0.39, 0.29) is 13.2 Å². The summed E-state index contributed by atoms with van der Waals surface area (Å²) in [5, 5.41) is 12.7. The third-order valence-electron chi connectivity index (χ3n) is 1.74. The normalized spacial score (nSPS) is 12.3. The number of amides is 2. The lowest BCUT2D eigenvalue weighted by molar-refractivity contribution is -0.130. The van der Waals surface area contributed by atoms with Crippen LogP contribution in [0.25, 0.3) is 0 Å². The molecule has 0 bridgehead atoms. The maximum Gasteiger partial charge on any atom is 0.246 e. The standard InChI is InChI=1S/C9H15N3O5S/c1-17-5-8(13)12-7(6-18(2,15)16)9(14)11-4-3-10/h7H,4-6H2,1-2H3,(H,11,14)(H,12,13). The van der Waals surface area contributed by atoms with Crippen LogP contribution < -0.4 is 10.6 Å². The van der Waals surface area contributed by atoms with Crippen molar-refractivity contribution in [2.75, 3.05) is 32.3 Å². The topological polar surface area (TPSA) is 125 Å². The second-order valence-corrected chi connectivity index (χ2v) is 5.71. The molecule has 0 rings (SSSR count). The second-order valence-electron chi connectivity index (χ2n) is 3.52. The molecule has 0 saturated carbocycles. The first-order valence-electron chi connectivity index (χ1n) is 4.91. The maximum absolute atomic E-state index is 11.5. The van der Waals surface area contributed by atoms with E-state index in [1.54, 1.807) is 6.07 Å². The van der Waals surface area contributed by atoms with Gasteiger partial charge in [0.15, 0.2) is 0 Å². The molecule has 2 N–H and O–H groups in total. The quantitative estimate of drug-likeness (QED) is 0.509. The lowest BCUT2D eigenvalue weighted by Crippen LogP contribution is -2.51. The fourth-order valence-corrected chi connectivity index (χ4v) is 1.94. The number of nitrogens with one attached hydrogen (secondary N) is 2. The molecule has 0 aromatic carbocycles. The average Bonchev–Trinajstić information content (AvgIpc) is 2.23. The molecule has 0 radical (unpaired) electrons. The Kier molecular flexibility index (Phi) is 6.92. The molecule has 0 aliphatic carbocycles. The van der Waals surface area contributed by atoms with Gasteiger partial charge in [-0.1, -0.05) is 0 Å². The molecule has 0 aliphatic rings. The van der Waals surface area contributed by atoms with Gasteiger partial charge in [-0.25, -0.2) is 8.42 Å². The minimum atomic E-state index is -3.45. The Labute approximate surface area is 105 Å². The summed E-state index contributed by atoms with van der Waals surface area (Å²) in [5.74, 6) is -1.88. The van der Waals surface area contributed by atoms with E-state index in [4.69, 9.17) is 5.26 Å². The van der Waals surface area contributed by atoms with Crippen LogP contribution in [-0.4, -0.2) is 58.5 Å². The van der Waals surface area contributed by atoms with Crippen molar-refractivity contribution in [3.63, 3.8) is 0 Å². The number of rotatable bonds is 7. The van der Waals surface area contributed by atoms with Crippen LogP contribution in [0.3, 0.4) is 0 Å². The molecule has 9 heteroatoms. The Bertz CT molecular complexity index is 440. The number of nitrogens with zero attached hydrogens (tertiary/aromatic N) is 1. The smallest absolute Gasteiger partial charge is 0.246 e. The fraction of sp³-hybridized carbons (Fsp3) is 0.667. The highest BCUT2D eigenvalue weighted by molar-refractivity contribution is 7.90. The van der Waals surface area contributed by atoms with Crippen LogP contribution in [0.4, 0.5) is 0 Å². The first kappa shape index (κ1) is 16.3. The maximum atomic E-state index is 11.5. The summed E-state index contributed by atoms with van der Waals surface area (Å²) in [4.78, 5) is 22.8. The van der Waals surface area contributed by atoms with Crippen molar-refractivity contribution in [3.05, 3.63) is 0 Å². The number of sulfone groups is 1. The van der Waals surface area contributed by atoms with E-state index in [1.165, 1.54) is 7.11 Å². The summed E-state index contributed by atoms with van der Waals surface area (Å²) in [7, 11) is -2.16. The van der Waals surface area contributed by atoms with Crippen LogP contribution in [0.1, 0.15) is 0 Å². The van der Waals surface area contributed by atoms with E-state index in [1.807, 2.05) is 0 Å². The summed E-state index contributed by atoms with van der Waals surface area (Å²) in [6.45, 7) is -0.551. The Morgan fingerprint density at radius 1 is 1.44 bits per heavy atom. The van der Waals surface area contributed by atoms with Gasteiger partial charge < -0.3 is 15.4 Å². The highest BCUT2D eigenvalue weighted by Crippen LogP contribution is 1.93. The Balaban J connectivity index is 4.67. The highest BCUT2D eigenvalue weighted by atomic mass is 32.2. The molecule has 0 saturated heterocycles. The molecule has 0 heterocycles. The Morgan fingerprint density at radius 2 is 2.06 bits per heavy atom. The van der Waals surface area contributed by atoms with Gasteiger partial charge in [-0.3, -0.25) is 9.59 Å². The molecule has 1 unspecified atom stereocenters. The van der Waals surface area contributed by atoms with Crippen molar-refractivity contribution in [1.82, 2.24) is 10.6 Å². The predicted molar refractivity (Wildman–Crippen MR) is 62.1 cm³/mol. The number of hydrogen-bond donors (Lipinski definition) is 2. The zero-order valence-corrected chi connectivity index (χ0v) is 10.9. The largest absolute Gasteiger partial charge is 0.375 e. The van der Waals surface area contributed by atoms with Gasteiger partial charge in [0.05, 0.1) is 11.8 Å². The van der Waals surface area contributed by atoms with Crippen LogP contribution in [0.2, 0.25) is 0 Å². The summed E-state index contributed by atoms with van der Waals surface area (Å²) in [6, 6.07) is 0.436. The number of ether oxygens (including phenoxy) is 1. The number of carbonyl (C=O) groups excluding carboxylic acids is 2. The zero-order valence-electron chi connectivity index (χ0n) is 10.1. The molecule has 8 nitrogen and oxygen atoms in total. The van der Waals surface area contributed by atoms with E-state index in [2.05, 4.69) is 15.4 Å². The van der Waals surface area contributed by atoms with Gasteiger partial charge in [0.1, 0.15) is 29.0 Å². The molecule has 2 amide bonds. The lowest BCUT2D eigenvalue weighted by atomic mass is 10.3. The minimum Gasteiger partial charge on any atom is -0.375 e. The fourth-order valence-electron chi connectivity index (χ4n) is 1.10. The highest BCUT2D eigenvalue weighted by Gasteiger charge is 2.24. The molecule has 0 aromatic heterocycles. The third kappa shape index (κ3) is 7.59. The van der Waals surface area contributed by atoms with Crippen LogP contribution >= 0.6 is 0 Å². The predicted octanol–water partition coefficient (Wildman–Crippen LogP) is -2.20. The summed E-state index contributed by atoms with van der Waals surface area (Å²) in [5.41, 5.74) is 0. The van der Waals surface area contributed by atoms with E-state index in [0.29, 0.717) is 0 Å². The van der Waals surface area contributed by atoms with Gasteiger partial charge in [0.25, 0.3) is 0 Å². The third-order valence-corrected chi connectivity index (χ3v) is 2.68. The van der Waals surface area contributed by atoms with Crippen molar-refractivity contribution in [2.45, 2.75) is 6.04 Å². The van der Waals surface area contributed by atoms with E-state index >= 15 is 0 Å². The number of hydrogen-bond acceptors (Lipinski definition) is 6. The van der Waals surface area contributed by atoms with Crippen molar-refractivity contribution in [1.29, 1.82) is 5.26 Å². The van der Waals surface area contributed by atoms with Crippen molar-refractivity contribution < 1.29 is 22.7 Å². The zero-order chi connectivity index (χ0) is 14.2. The lowest BCUT2D eigenvalue weighted by Gasteiger charge is -2.16. The van der Waals surface area contributed by atoms with Crippen LogP contribution in [-0.2, 0) is 24.2 Å². The number of nitriles is 1. The summed E-state index contributed by atoms with van der Waals surface area (Å²) < 4.78 is 26.8. The van der Waals surface area contributed by atoms with Gasteiger partial charge in [0.2, 0.25) is 11.8 Å². The Hall–Kier alpha value is -1.66. The number of methoxy groups -OCH3 is 1. The van der Waals surface area contributed by atoms with Gasteiger partial charge >= 0.3 is 0 Å². The molecule has 0 aliphatic heterocycles. The molecule has 0 spiro atoms. The SMILES string of the molecule is COCC(=O)NC(CS(C)(=O)=O)C(=O)NCC#N. The van der Waals surface area contributed by atoms with Gasteiger partial charge in [-0.05, 0) is 0 Å². The summed E-state index contributed by atoms with van der Waals surface area (Å²) in [6.07, 6.45) is 0.944. The first-order chi connectivity index (χ1) is 8.30. The second kappa shape index (κ2) is 7.62. The molecule has 0 aromatic rings. The van der Waals surface area contributed by atoms with Crippen LogP contribution in [0.5, 0.6) is 0 Å². The van der Waals surface area contributed by atoms with Crippen LogP contribution in [0, 0.1) is 11.3 Å². The Morgan fingerprint density at radius 3 is 2.50 bits per heavy atom. The molecule has 18 heavy (non-hydrogen) atoms. The van der Waals surface area contributed by atoms with Gasteiger partial charge in [-0.15, -0.1) is 0 Å². The summed E-state index contributed by atoms with van der Waals surface area (Å²) >= 11 is 0. The molecule has 0 fully saturated rings. The van der Waals surface area contributed by atoms with Crippen molar-refractivity contribution in [2.24, 2.45) is 0 Å². The number of carbonyl (C=O) groups is 2. The minimum absolute atomic E-state index is 0.265. The van der Waals surface area contributed by atoms with Crippen molar-refractivity contribution >= 4 is 21.7 Å².